The van der Waals surface area contributed by atoms with E-state index < -0.39 is 17.8 Å². The molecule has 1 aliphatic rings. The molecule has 158 valence electrons. The average Bonchev–Trinajstić information content (AvgIpc) is 3.09. The van der Waals surface area contributed by atoms with Gasteiger partial charge in [-0.05, 0) is 33.9 Å². The molecule has 0 bridgehead atoms. The Balaban J connectivity index is 1.35. The van der Waals surface area contributed by atoms with E-state index in [1.165, 1.54) is 30.4 Å². The SMILES string of the molecule is O=C(NCC=Cc1ccccc1C(F)(F)F)OCC1c2ccccc2-c2ccccc21. The predicted molar refractivity (Wildman–Crippen MR) is 114 cm³/mol. The molecule has 0 radical (unpaired) electrons. The van der Waals surface area contributed by atoms with Crippen LogP contribution in [0.25, 0.3) is 17.2 Å². The standard InChI is InChI=1S/C25H20F3NO2/c26-25(27,28)23-14-6-1-8-17(23)9-7-15-29-24(30)31-16-22-20-12-4-2-10-18(20)19-11-3-5-13-21(19)22/h1-14,22H,15-16H2,(H,29,30). The van der Waals surface area contributed by atoms with E-state index in [4.69, 9.17) is 4.74 Å². The van der Waals surface area contributed by atoms with E-state index in [-0.39, 0.29) is 24.6 Å². The van der Waals surface area contributed by atoms with E-state index in [9.17, 15) is 18.0 Å². The van der Waals surface area contributed by atoms with Crippen LogP contribution in [0.3, 0.4) is 0 Å². The highest BCUT2D eigenvalue weighted by atomic mass is 19.4. The molecule has 3 aromatic carbocycles. The first-order valence-corrected chi connectivity index (χ1v) is 9.87. The number of carbonyl (C=O) groups excluding carboxylic acids is 1. The van der Waals surface area contributed by atoms with E-state index in [1.807, 2.05) is 36.4 Å². The molecule has 4 rings (SSSR count). The summed E-state index contributed by atoms with van der Waals surface area (Å²) < 4.78 is 44.5. The molecule has 1 N–H and O–H groups in total. The molecule has 0 fully saturated rings. The molecule has 1 amide bonds. The number of carbonyl (C=O) groups is 1. The van der Waals surface area contributed by atoms with Gasteiger partial charge in [0.25, 0.3) is 0 Å². The van der Waals surface area contributed by atoms with Crippen LogP contribution < -0.4 is 5.32 Å². The van der Waals surface area contributed by atoms with E-state index in [0.717, 1.165) is 28.3 Å². The van der Waals surface area contributed by atoms with Gasteiger partial charge < -0.3 is 10.1 Å². The lowest BCUT2D eigenvalue weighted by Gasteiger charge is -2.14. The first-order chi connectivity index (χ1) is 14.9. The van der Waals surface area contributed by atoms with Gasteiger partial charge in [0.2, 0.25) is 0 Å². The summed E-state index contributed by atoms with van der Waals surface area (Å²) in [6.45, 7) is 0.239. The maximum absolute atomic E-state index is 13.0. The monoisotopic (exact) mass is 423 g/mol. The van der Waals surface area contributed by atoms with Crippen LogP contribution in [0.5, 0.6) is 0 Å². The van der Waals surface area contributed by atoms with Crippen LogP contribution in [-0.2, 0) is 10.9 Å². The molecule has 0 saturated carbocycles. The Morgan fingerprint density at radius 2 is 1.48 bits per heavy atom. The first kappa shape index (κ1) is 20.7. The van der Waals surface area contributed by atoms with Crippen molar-refractivity contribution in [2.75, 3.05) is 13.2 Å². The van der Waals surface area contributed by atoms with Crippen molar-refractivity contribution in [1.82, 2.24) is 5.32 Å². The molecule has 31 heavy (non-hydrogen) atoms. The number of halogens is 3. The molecule has 0 saturated heterocycles. The summed E-state index contributed by atoms with van der Waals surface area (Å²) in [7, 11) is 0. The van der Waals surface area contributed by atoms with Crippen LogP contribution in [0.2, 0.25) is 0 Å². The average molecular weight is 423 g/mol. The van der Waals surface area contributed by atoms with Gasteiger partial charge >= 0.3 is 12.3 Å². The van der Waals surface area contributed by atoms with Crippen LogP contribution >= 0.6 is 0 Å². The summed E-state index contributed by atoms with van der Waals surface area (Å²) in [6, 6.07) is 21.3. The second-order valence-electron chi connectivity index (χ2n) is 7.19. The van der Waals surface area contributed by atoms with Gasteiger partial charge in [0.05, 0.1) is 5.56 Å². The van der Waals surface area contributed by atoms with Crippen molar-refractivity contribution >= 4 is 12.2 Å². The number of ether oxygens (including phenoxy) is 1. The Kier molecular flexibility index (Phi) is 5.80. The first-order valence-electron chi connectivity index (χ1n) is 9.87. The Hall–Kier alpha value is -3.54. The molecule has 1 aliphatic carbocycles. The number of rotatable bonds is 5. The predicted octanol–water partition coefficient (Wildman–Crippen LogP) is 6.26. The fourth-order valence-electron chi connectivity index (χ4n) is 3.88. The molecule has 3 aromatic rings. The molecule has 0 aliphatic heterocycles. The van der Waals surface area contributed by atoms with Crippen LogP contribution in [0.1, 0.15) is 28.2 Å². The lowest BCUT2D eigenvalue weighted by Crippen LogP contribution is -2.26. The van der Waals surface area contributed by atoms with Gasteiger partial charge in [-0.1, -0.05) is 78.9 Å². The summed E-state index contributed by atoms with van der Waals surface area (Å²) in [5.41, 5.74) is 3.83. The lowest BCUT2D eigenvalue weighted by molar-refractivity contribution is -0.137. The normalized spacial score (nSPS) is 13.1. The summed E-state index contributed by atoms with van der Waals surface area (Å²) in [6.07, 6.45) is -2.24. The second kappa shape index (κ2) is 8.68. The minimum Gasteiger partial charge on any atom is -0.449 e. The number of fused-ring (bicyclic) bond motifs is 3. The van der Waals surface area contributed by atoms with Gasteiger partial charge in [0, 0.05) is 12.5 Å². The Morgan fingerprint density at radius 1 is 0.903 bits per heavy atom. The second-order valence-corrected chi connectivity index (χ2v) is 7.19. The van der Waals surface area contributed by atoms with E-state index >= 15 is 0 Å². The van der Waals surface area contributed by atoms with Crippen LogP contribution in [-0.4, -0.2) is 19.2 Å². The molecular weight excluding hydrogens is 403 g/mol. The third-order valence-corrected chi connectivity index (χ3v) is 5.27. The Labute approximate surface area is 178 Å². The van der Waals surface area contributed by atoms with Crippen molar-refractivity contribution in [2.24, 2.45) is 0 Å². The summed E-state index contributed by atoms with van der Waals surface area (Å²) >= 11 is 0. The minimum absolute atomic E-state index is 0.0457. The van der Waals surface area contributed by atoms with E-state index in [1.54, 1.807) is 0 Å². The summed E-state index contributed by atoms with van der Waals surface area (Å²) in [5, 5.41) is 2.55. The fraction of sp³-hybridized carbons (Fsp3) is 0.160. The number of nitrogens with one attached hydrogen (secondary N) is 1. The molecule has 0 unspecified atom stereocenters. The zero-order chi connectivity index (χ0) is 21.8. The minimum atomic E-state index is -4.43. The van der Waals surface area contributed by atoms with Gasteiger partial charge in [-0.3, -0.25) is 0 Å². The third kappa shape index (κ3) is 4.48. The van der Waals surface area contributed by atoms with Crippen LogP contribution in [0.15, 0.2) is 78.9 Å². The smallest absolute Gasteiger partial charge is 0.416 e. The molecule has 3 nitrogen and oxygen atoms in total. The topological polar surface area (TPSA) is 38.3 Å². The molecule has 0 spiro atoms. The van der Waals surface area contributed by atoms with E-state index in [0.29, 0.717) is 0 Å². The summed E-state index contributed by atoms with van der Waals surface area (Å²) in [4.78, 5) is 12.1. The van der Waals surface area contributed by atoms with Crippen LogP contribution in [0, 0.1) is 0 Å². The highest BCUT2D eigenvalue weighted by Gasteiger charge is 2.32. The zero-order valence-corrected chi connectivity index (χ0v) is 16.5. The van der Waals surface area contributed by atoms with Crippen molar-refractivity contribution < 1.29 is 22.7 Å². The van der Waals surface area contributed by atoms with E-state index in [2.05, 4.69) is 17.4 Å². The Bertz CT molecular complexity index is 1080. The van der Waals surface area contributed by atoms with Crippen molar-refractivity contribution in [3.05, 3.63) is 101 Å². The number of alkyl halides is 3. The maximum Gasteiger partial charge on any atom is 0.416 e. The number of amides is 1. The zero-order valence-electron chi connectivity index (χ0n) is 16.5. The number of benzene rings is 3. The van der Waals surface area contributed by atoms with Crippen molar-refractivity contribution in [3.63, 3.8) is 0 Å². The molecular formula is C25H20F3NO2. The lowest BCUT2D eigenvalue weighted by atomic mass is 9.98. The van der Waals surface area contributed by atoms with Gasteiger partial charge in [-0.25, -0.2) is 4.79 Å². The quantitative estimate of drug-likeness (QED) is 0.526. The molecule has 0 atom stereocenters. The highest BCUT2D eigenvalue weighted by Crippen LogP contribution is 2.44. The molecule has 0 heterocycles. The largest absolute Gasteiger partial charge is 0.449 e. The molecule has 0 aromatic heterocycles. The number of alkyl carbamates (subject to hydrolysis) is 1. The van der Waals surface area contributed by atoms with Crippen molar-refractivity contribution in [2.45, 2.75) is 12.1 Å². The van der Waals surface area contributed by atoms with Gasteiger partial charge in [0.1, 0.15) is 6.61 Å². The van der Waals surface area contributed by atoms with Gasteiger partial charge in [0.15, 0.2) is 0 Å². The number of hydrogen-bond acceptors (Lipinski definition) is 2. The summed E-state index contributed by atoms with van der Waals surface area (Å²) in [5.74, 6) is -0.0487. The highest BCUT2D eigenvalue weighted by molar-refractivity contribution is 5.79. The van der Waals surface area contributed by atoms with Gasteiger partial charge in [-0.15, -0.1) is 0 Å². The maximum atomic E-state index is 13.0. The number of hydrogen-bond donors (Lipinski definition) is 1. The Morgan fingerprint density at radius 3 is 2.13 bits per heavy atom. The van der Waals surface area contributed by atoms with Crippen LogP contribution in [0.4, 0.5) is 18.0 Å². The van der Waals surface area contributed by atoms with Crippen molar-refractivity contribution in [3.8, 4) is 11.1 Å². The van der Waals surface area contributed by atoms with Crippen molar-refractivity contribution in [1.29, 1.82) is 0 Å². The van der Waals surface area contributed by atoms with Gasteiger partial charge in [-0.2, -0.15) is 13.2 Å². The fourth-order valence-corrected chi connectivity index (χ4v) is 3.88. The molecule has 6 heteroatoms. The third-order valence-electron chi connectivity index (χ3n) is 5.27.